The van der Waals surface area contributed by atoms with Crippen LogP contribution in [0.3, 0.4) is 0 Å². The molecule has 1 N–H and O–H groups in total. The van der Waals surface area contributed by atoms with E-state index in [1.165, 1.54) is 42.6 Å². The zero-order chi connectivity index (χ0) is 23.5. The minimum absolute atomic E-state index is 0.169. The predicted molar refractivity (Wildman–Crippen MR) is 117 cm³/mol. The normalized spacial score (nSPS) is 11.0. The molecule has 1 aromatic carbocycles. The quantitative estimate of drug-likeness (QED) is 0.343. The molecule has 3 aromatic rings. The predicted octanol–water partition coefficient (Wildman–Crippen LogP) is 4.84. The van der Waals surface area contributed by atoms with Crippen molar-refractivity contribution in [2.75, 3.05) is 12.0 Å². The Morgan fingerprint density at radius 2 is 1.84 bits per heavy atom. The first-order chi connectivity index (χ1) is 15.1. The van der Waals surface area contributed by atoms with Crippen molar-refractivity contribution in [2.24, 2.45) is 0 Å². The number of aromatic amines is 1. The third-order valence-electron chi connectivity index (χ3n) is 4.26. The average Bonchev–Trinajstić information content (AvgIpc) is 3.23. The number of esters is 1. The Hall–Kier alpha value is -4.21. The summed E-state index contributed by atoms with van der Waals surface area (Å²) in [7, 11) is 1.28. The van der Waals surface area contributed by atoms with Gasteiger partial charge in [-0.25, -0.2) is 14.5 Å². The molecule has 10 heteroatoms. The fourth-order valence-electron chi connectivity index (χ4n) is 2.90. The Kier molecular flexibility index (Phi) is 6.24. The number of aromatic nitrogens is 2. The Morgan fingerprint density at radius 1 is 1.12 bits per heavy atom. The number of benzene rings is 1. The van der Waals surface area contributed by atoms with Crippen molar-refractivity contribution < 1.29 is 24.0 Å². The number of non-ortho nitro benzene ring substituents is 1. The number of hydrogen-bond acceptors (Lipinski definition) is 7. The number of methoxy groups -OCH3 is 1. The van der Waals surface area contributed by atoms with Gasteiger partial charge in [0.2, 0.25) is 0 Å². The van der Waals surface area contributed by atoms with E-state index < -0.39 is 22.6 Å². The molecule has 0 aliphatic carbocycles. The van der Waals surface area contributed by atoms with Gasteiger partial charge in [0.15, 0.2) is 0 Å². The molecule has 166 valence electrons. The first kappa shape index (κ1) is 22.5. The summed E-state index contributed by atoms with van der Waals surface area (Å²) in [6.45, 7) is 5.17. The van der Waals surface area contributed by atoms with Crippen LogP contribution in [0.4, 0.5) is 21.9 Å². The van der Waals surface area contributed by atoms with Gasteiger partial charge >= 0.3 is 12.1 Å². The molecule has 32 heavy (non-hydrogen) atoms. The van der Waals surface area contributed by atoms with E-state index in [1.807, 2.05) is 0 Å². The van der Waals surface area contributed by atoms with Crippen LogP contribution in [0.2, 0.25) is 0 Å². The highest BCUT2D eigenvalue weighted by Crippen LogP contribution is 2.32. The standard InChI is InChI=1S/C22H22N4O6/c1-22(2,3)32-21(28)25(15-6-5-7-17(11-15)26(29)30)16-8-9-23-19(12-16)18-10-14(13-24-18)20(27)31-4/h5-13,24H,1-4H3. The highest BCUT2D eigenvalue weighted by Gasteiger charge is 2.26. The van der Waals surface area contributed by atoms with Crippen LogP contribution < -0.4 is 4.90 Å². The third kappa shape index (κ3) is 5.09. The summed E-state index contributed by atoms with van der Waals surface area (Å²) >= 11 is 0. The number of H-pyrrole nitrogens is 1. The number of nitrogens with one attached hydrogen (secondary N) is 1. The summed E-state index contributed by atoms with van der Waals surface area (Å²) in [5.74, 6) is -0.504. The number of hydrogen-bond donors (Lipinski definition) is 1. The van der Waals surface area contributed by atoms with Crippen molar-refractivity contribution in [3.63, 3.8) is 0 Å². The third-order valence-corrected chi connectivity index (χ3v) is 4.26. The van der Waals surface area contributed by atoms with Gasteiger partial charge in [-0.05, 0) is 45.0 Å². The van der Waals surface area contributed by atoms with E-state index in [9.17, 15) is 19.7 Å². The maximum atomic E-state index is 13.1. The first-order valence-corrected chi connectivity index (χ1v) is 9.60. The number of pyridine rings is 1. The summed E-state index contributed by atoms with van der Waals surface area (Å²) in [4.78, 5) is 44.0. The number of carbonyl (C=O) groups excluding carboxylic acids is 2. The van der Waals surface area contributed by atoms with Crippen molar-refractivity contribution in [1.82, 2.24) is 9.97 Å². The number of amides is 1. The minimum Gasteiger partial charge on any atom is -0.465 e. The Morgan fingerprint density at radius 3 is 2.50 bits per heavy atom. The second kappa shape index (κ2) is 8.88. The molecule has 1 amide bonds. The number of anilines is 2. The van der Waals surface area contributed by atoms with Gasteiger partial charge in [-0.2, -0.15) is 0 Å². The highest BCUT2D eigenvalue weighted by molar-refractivity contribution is 5.97. The van der Waals surface area contributed by atoms with Crippen molar-refractivity contribution in [1.29, 1.82) is 0 Å². The van der Waals surface area contributed by atoms with Gasteiger partial charge in [-0.15, -0.1) is 0 Å². The molecule has 0 saturated carbocycles. The van der Waals surface area contributed by atoms with Crippen molar-refractivity contribution in [2.45, 2.75) is 26.4 Å². The van der Waals surface area contributed by atoms with E-state index in [2.05, 4.69) is 9.97 Å². The molecular weight excluding hydrogens is 416 g/mol. The number of nitro benzene ring substituents is 1. The SMILES string of the molecule is COC(=O)c1c[nH]c(-c2cc(N(C(=O)OC(C)(C)C)c3cccc([N+](=O)[O-])c3)ccn2)c1. The molecule has 0 bridgehead atoms. The molecule has 0 atom stereocenters. The average molecular weight is 438 g/mol. The molecule has 0 unspecified atom stereocenters. The Bertz CT molecular complexity index is 1160. The van der Waals surface area contributed by atoms with E-state index in [-0.39, 0.29) is 11.4 Å². The summed E-state index contributed by atoms with van der Waals surface area (Å²) in [5.41, 5.74) is 0.953. The van der Waals surface area contributed by atoms with Crippen molar-refractivity contribution in [3.8, 4) is 11.4 Å². The molecule has 0 spiro atoms. The Balaban J connectivity index is 2.07. The fraction of sp³-hybridized carbons (Fsp3) is 0.227. The zero-order valence-electron chi connectivity index (χ0n) is 18.0. The zero-order valence-corrected chi connectivity index (χ0v) is 18.0. The van der Waals surface area contributed by atoms with E-state index in [1.54, 1.807) is 45.0 Å². The number of ether oxygens (including phenoxy) is 2. The molecule has 10 nitrogen and oxygen atoms in total. The van der Waals surface area contributed by atoms with Crippen molar-refractivity contribution in [3.05, 3.63) is 70.5 Å². The fourth-order valence-corrected chi connectivity index (χ4v) is 2.90. The van der Waals surface area contributed by atoms with Crippen LogP contribution in [-0.2, 0) is 9.47 Å². The summed E-state index contributed by atoms with van der Waals surface area (Å²) in [5, 5.41) is 11.3. The first-order valence-electron chi connectivity index (χ1n) is 9.60. The maximum Gasteiger partial charge on any atom is 0.419 e. The molecule has 2 heterocycles. The number of carbonyl (C=O) groups is 2. The van der Waals surface area contributed by atoms with Gasteiger partial charge < -0.3 is 14.5 Å². The van der Waals surface area contributed by atoms with Crippen LogP contribution in [0, 0.1) is 10.1 Å². The highest BCUT2D eigenvalue weighted by atomic mass is 16.6. The summed E-state index contributed by atoms with van der Waals surface area (Å²) < 4.78 is 10.2. The Labute approximate surface area is 183 Å². The van der Waals surface area contributed by atoms with Gasteiger partial charge in [0.25, 0.3) is 5.69 Å². The molecule has 0 radical (unpaired) electrons. The molecule has 0 fully saturated rings. The maximum absolute atomic E-state index is 13.1. The lowest BCUT2D eigenvalue weighted by Gasteiger charge is -2.27. The molecular formula is C22H22N4O6. The van der Waals surface area contributed by atoms with Crippen LogP contribution in [0.1, 0.15) is 31.1 Å². The largest absolute Gasteiger partial charge is 0.465 e. The smallest absolute Gasteiger partial charge is 0.419 e. The van der Waals surface area contributed by atoms with Gasteiger partial charge in [0.05, 0.1) is 40.4 Å². The van der Waals surface area contributed by atoms with Crippen LogP contribution in [0.15, 0.2) is 54.9 Å². The van der Waals surface area contributed by atoms with E-state index >= 15 is 0 Å². The topological polar surface area (TPSA) is 128 Å². The summed E-state index contributed by atoms with van der Waals surface area (Å²) in [6, 6.07) is 10.4. The van der Waals surface area contributed by atoms with Crippen molar-refractivity contribution >= 4 is 29.1 Å². The lowest BCUT2D eigenvalue weighted by molar-refractivity contribution is -0.384. The minimum atomic E-state index is -0.791. The van der Waals surface area contributed by atoms with E-state index in [0.717, 1.165) is 0 Å². The van der Waals surface area contributed by atoms with Crippen LogP contribution >= 0.6 is 0 Å². The van der Waals surface area contributed by atoms with Crippen LogP contribution in [-0.4, -0.2) is 39.7 Å². The van der Waals surface area contributed by atoms with Gasteiger partial charge in [0.1, 0.15) is 5.60 Å². The lowest BCUT2D eigenvalue weighted by Crippen LogP contribution is -2.34. The number of rotatable bonds is 5. The summed E-state index contributed by atoms with van der Waals surface area (Å²) in [6.07, 6.45) is 2.26. The second-order valence-corrected chi connectivity index (χ2v) is 7.79. The lowest BCUT2D eigenvalue weighted by atomic mass is 10.2. The van der Waals surface area contributed by atoms with Gasteiger partial charge in [-0.1, -0.05) is 6.07 Å². The monoisotopic (exact) mass is 438 g/mol. The number of nitro groups is 1. The second-order valence-electron chi connectivity index (χ2n) is 7.79. The molecule has 3 rings (SSSR count). The van der Waals surface area contributed by atoms with E-state index in [0.29, 0.717) is 22.6 Å². The van der Waals surface area contributed by atoms with E-state index in [4.69, 9.17) is 9.47 Å². The van der Waals surface area contributed by atoms with Gasteiger partial charge in [0, 0.05) is 24.5 Å². The molecule has 0 aliphatic heterocycles. The van der Waals surface area contributed by atoms with Crippen LogP contribution in [0.5, 0.6) is 0 Å². The van der Waals surface area contributed by atoms with Crippen LogP contribution in [0.25, 0.3) is 11.4 Å². The van der Waals surface area contributed by atoms with Gasteiger partial charge in [-0.3, -0.25) is 15.1 Å². The molecule has 0 saturated heterocycles. The number of nitrogens with zero attached hydrogens (tertiary/aromatic N) is 3. The molecule has 0 aliphatic rings. The molecule has 2 aromatic heterocycles.